The van der Waals surface area contributed by atoms with Gasteiger partial charge in [0.1, 0.15) is 6.54 Å². The number of amides is 3. The van der Waals surface area contributed by atoms with Crippen molar-refractivity contribution in [3.8, 4) is 0 Å². The van der Waals surface area contributed by atoms with Gasteiger partial charge >= 0.3 is 0 Å². The summed E-state index contributed by atoms with van der Waals surface area (Å²) in [5.41, 5.74) is -0.0635. The lowest BCUT2D eigenvalue weighted by atomic mass is 9.53. The molecule has 5 fully saturated rings. The van der Waals surface area contributed by atoms with E-state index in [-0.39, 0.29) is 41.6 Å². The molecule has 1 N–H and O–H groups in total. The van der Waals surface area contributed by atoms with Crippen LogP contribution < -0.4 is 5.32 Å². The fourth-order valence-electron chi connectivity index (χ4n) is 6.77. The van der Waals surface area contributed by atoms with Crippen molar-refractivity contribution in [2.75, 3.05) is 6.54 Å². The maximum Gasteiger partial charge on any atom is 0.240 e. The number of carbonyl (C=O) groups excluding carboxylic acids is 3. The van der Waals surface area contributed by atoms with Gasteiger partial charge in [-0.05, 0) is 69.1 Å². The molecule has 134 valence electrons. The number of likely N-dealkylation sites (tertiary alicyclic amines) is 1. The molecule has 5 heteroatoms. The molecule has 6 aliphatic rings. The van der Waals surface area contributed by atoms with Gasteiger partial charge in [-0.2, -0.15) is 0 Å². The van der Waals surface area contributed by atoms with Crippen LogP contribution in [0.2, 0.25) is 0 Å². The van der Waals surface area contributed by atoms with Crippen molar-refractivity contribution < 1.29 is 14.4 Å². The molecule has 1 saturated heterocycles. The van der Waals surface area contributed by atoms with E-state index in [1.165, 1.54) is 24.2 Å². The highest BCUT2D eigenvalue weighted by Gasteiger charge is 2.52. The van der Waals surface area contributed by atoms with Crippen molar-refractivity contribution in [3.63, 3.8) is 0 Å². The normalized spacial score (nSPS) is 44.3. The van der Waals surface area contributed by atoms with E-state index >= 15 is 0 Å². The first-order chi connectivity index (χ1) is 12.0. The Morgan fingerprint density at radius 3 is 1.92 bits per heavy atom. The molecule has 1 aliphatic heterocycles. The van der Waals surface area contributed by atoms with Crippen LogP contribution >= 0.6 is 0 Å². The molecule has 0 aromatic heterocycles. The molecule has 3 amide bonds. The Kier molecular flexibility index (Phi) is 3.38. The van der Waals surface area contributed by atoms with Crippen LogP contribution in [0.15, 0.2) is 12.2 Å². The molecular weight excluding hydrogens is 316 g/mol. The van der Waals surface area contributed by atoms with Crippen molar-refractivity contribution in [1.29, 1.82) is 0 Å². The van der Waals surface area contributed by atoms with Crippen LogP contribution in [0.4, 0.5) is 0 Å². The van der Waals surface area contributed by atoms with Crippen LogP contribution in [-0.4, -0.2) is 34.7 Å². The summed E-state index contributed by atoms with van der Waals surface area (Å²) < 4.78 is 0. The number of hydrogen-bond acceptors (Lipinski definition) is 3. The average molecular weight is 342 g/mol. The van der Waals surface area contributed by atoms with Gasteiger partial charge in [0.05, 0.1) is 11.8 Å². The zero-order valence-corrected chi connectivity index (χ0v) is 14.6. The number of rotatable bonds is 3. The van der Waals surface area contributed by atoms with Crippen LogP contribution in [-0.2, 0) is 14.4 Å². The number of allylic oxidation sites excluding steroid dienone is 2. The molecule has 25 heavy (non-hydrogen) atoms. The quantitative estimate of drug-likeness (QED) is 0.630. The van der Waals surface area contributed by atoms with E-state index in [1.807, 2.05) is 12.2 Å². The first kappa shape index (κ1) is 15.6. The highest BCUT2D eigenvalue weighted by atomic mass is 16.2. The van der Waals surface area contributed by atoms with Gasteiger partial charge in [-0.15, -0.1) is 0 Å². The molecule has 4 saturated carbocycles. The Morgan fingerprint density at radius 2 is 1.44 bits per heavy atom. The highest BCUT2D eigenvalue weighted by molar-refractivity contribution is 6.07. The second-order valence-corrected chi connectivity index (χ2v) is 9.16. The lowest BCUT2D eigenvalue weighted by Crippen LogP contribution is -2.61. The van der Waals surface area contributed by atoms with Gasteiger partial charge < -0.3 is 5.32 Å². The minimum Gasteiger partial charge on any atom is -0.349 e. The Balaban J connectivity index is 1.27. The smallest absolute Gasteiger partial charge is 0.240 e. The summed E-state index contributed by atoms with van der Waals surface area (Å²) in [6, 6.07) is 0. The average Bonchev–Trinajstić information content (AvgIpc) is 2.78. The maximum atomic E-state index is 12.7. The molecule has 0 radical (unpaired) electrons. The number of nitrogens with one attached hydrogen (secondary N) is 1. The zero-order valence-electron chi connectivity index (χ0n) is 14.6. The number of hydrogen-bond donors (Lipinski definition) is 1. The molecule has 0 aromatic carbocycles. The monoisotopic (exact) mass is 342 g/mol. The topological polar surface area (TPSA) is 66.5 Å². The van der Waals surface area contributed by atoms with Gasteiger partial charge in [-0.1, -0.05) is 12.2 Å². The van der Waals surface area contributed by atoms with Crippen LogP contribution in [0.5, 0.6) is 0 Å². The molecule has 2 atom stereocenters. The summed E-state index contributed by atoms with van der Waals surface area (Å²) in [6.45, 7) is -0.0909. The van der Waals surface area contributed by atoms with E-state index in [9.17, 15) is 14.4 Å². The van der Waals surface area contributed by atoms with Gasteiger partial charge in [-0.25, -0.2) is 0 Å². The maximum absolute atomic E-state index is 12.7. The van der Waals surface area contributed by atoms with Crippen molar-refractivity contribution >= 4 is 17.7 Å². The first-order valence-corrected chi connectivity index (χ1v) is 9.84. The largest absolute Gasteiger partial charge is 0.349 e. The molecule has 4 bridgehead atoms. The Morgan fingerprint density at radius 1 is 0.960 bits per heavy atom. The van der Waals surface area contributed by atoms with Crippen molar-refractivity contribution in [2.45, 2.75) is 56.9 Å². The SMILES string of the molecule is O=C(CN1C(=O)[C@H]2CC=CC[C@H]2C1=O)NC12CC3CC(CC(C3)C1)C2. The summed E-state index contributed by atoms with van der Waals surface area (Å²) in [4.78, 5) is 39.0. The third kappa shape index (κ3) is 2.46. The molecule has 5 nitrogen and oxygen atoms in total. The van der Waals surface area contributed by atoms with Gasteiger partial charge in [0, 0.05) is 5.54 Å². The molecule has 0 aromatic rings. The predicted molar refractivity (Wildman–Crippen MR) is 91.1 cm³/mol. The Bertz CT molecular complexity index is 607. The zero-order chi connectivity index (χ0) is 17.2. The highest BCUT2D eigenvalue weighted by Crippen LogP contribution is 2.55. The Hall–Kier alpha value is -1.65. The summed E-state index contributed by atoms with van der Waals surface area (Å²) in [5, 5.41) is 3.27. The van der Waals surface area contributed by atoms with Gasteiger partial charge in [0.2, 0.25) is 17.7 Å². The van der Waals surface area contributed by atoms with E-state index in [2.05, 4.69) is 5.32 Å². The van der Waals surface area contributed by atoms with Crippen LogP contribution in [0.3, 0.4) is 0 Å². The fraction of sp³-hybridized carbons (Fsp3) is 0.750. The van der Waals surface area contributed by atoms with Crippen molar-refractivity contribution in [3.05, 3.63) is 12.2 Å². The number of fused-ring (bicyclic) bond motifs is 1. The van der Waals surface area contributed by atoms with Gasteiger partial charge in [0.25, 0.3) is 0 Å². The second kappa shape index (κ2) is 5.42. The fourth-order valence-corrected chi connectivity index (χ4v) is 6.77. The van der Waals surface area contributed by atoms with E-state index < -0.39 is 0 Å². The van der Waals surface area contributed by atoms with Crippen molar-refractivity contribution in [2.24, 2.45) is 29.6 Å². The number of carbonyl (C=O) groups is 3. The first-order valence-electron chi connectivity index (χ1n) is 9.84. The molecule has 0 spiro atoms. The van der Waals surface area contributed by atoms with E-state index in [0.717, 1.165) is 37.0 Å². The number of nitrogens with zero attached hydrogens (tertiary/aromatic N) is 1. The van der Waals surface area contributed by atoms with Gasteiger partial charge in [-0.3, -0.25) is 19.3 Å². The van der Waals surface area contributed by atoms with Crippen LogP contribution in [0.25, 0.3) is 0 Å². The lowest BCUT2D eigenvalue weighted by molar-refractivity contribution is -0.145. The molecule has 1 heterocycles. The molecule has 5 aliphatic carbocycles. The van der Waals surface area contributed by atoms with E-state index in [1.54, 1.807) is 0 Å². The number of imide groups is 1. The van der Waals surface area contributed by atoms with E-state index in [4.69, 9.17) is 0 Å². The third-order valence-electron chi connectivity index (χ3n) is 7.34. The minimum atomic E-state index is -0.246. The molecule has 0 unspecified atom stereocenters. The Labute approximate surface area is 148 Å². The summed E-state index contributed by atoms with van der Waals surface area (Å²) in [7, 11) is 0. The van der Waals surface area contributed by atoms with Crippen LogP contribution in [0.1, 0.15) is 51.4 Å². The van der Waals surface area contributed by atoms with Gasteiger partial charge in [0.15, 0.2) is 0 Å². The predicted octanol–water partition coefficient (Wildman–Crippen LogP) is 2.02. The molecular formula is C20H26N2O3. The van der Waals surface area contributed by atoms with Crippen LogP contribution in [0, 0.1) is 29.6 Å². The summed E-state index contributed by atoms with van der Waals surface area (Å²) in [5.74, 6) is 1.34. The van der Waals surface area contributed by atoms with E-state index in [0.29, 0.717) is 12.8 Å². The minimum absolute atomic E-state index is 0.0635. The second-order valence-electron chi connectivity index (χ2n) is 9.16. The lowest BCUT2D eigenvalue weighted by Gasteiger charge is -2.57. The summed E-state index contributed by atoms with van der Waals surface area (Å²) in [6.07, 6.45) is 12.4. The molecule has 6 rings (SSSR count). The van der Waals surface area contributed by atoms with Crippen molar-refractivity contribution in [1.82, 2.24) is 10.2 Å². The summed E-state index contributed by atoms with van der Waals surface area (Å²) >= 11 is 0. The standard InChI is InChI=1S/C20H26N2O3/c23-17(11-22-18(24)15-3-1-2-4-16(15)19(22)25)21-20-8-12-5-13(9-20)7-14(6-12)10-20/h1-2,12-16H,3-11H2,(H,21,23)/t12?,13?,14?,15-,16+,20?. The third-order valence-corrected chi connectivity index (χ3v) is 7.34.